The van der Waals surface area contributed by atoms with E-state index in [9.17, 15) is 4.79 Å². The highest BCUT2D eigenvalue weighted by molar-refractivity contribution is 5.65. The molecule has 1 heterocycles. The maximum absolute atomic E-state index is 10.7. The molecule has 2 unspecified atom stereocenters. The first kappa shape index (κ1) is 13.8. The summed E-state index contributed by atoms with van der Waals surface area (Å²) in [6.45, 7) is 2.12. The van der Waals surface area contributed by atoms with E-state index in [1.54, 1.807) is 0 Å². The van der Waals surface area contributed by atoms with Crippen LogP contribution < -0.4 is 10.6 Å². The third-order valence-electron chi connectivity index (χ3n) is 3.30. The largest absolute Gasteiger partial charge is 0.465 e. The second kappa shape index (κ2) is 7.11. The van der Waals surface area contributed by atoms with E-state index >= 15 is 0 Å². The average molecular weight is 264 g/mol. The highest BCUT2D eigenvalue weighted by atomic mass is 16.5. The van der Waals surface area contributed by atoms with Gasteiger partial charge in [-0.1, -0.05) is 30.3 Å². The molecule has 0 bridgehead atoms. The number of ether oxygens (including phenoxy) is 1. The van der Waals surface area contributed by atoms with Crippen molar-refractivity contribution in [1.29, 1.82) is 0 Å². The van der Waals surface area contributed by atoms with Crippen LogP contribution in [0.3, 0.4) is 0 Å². The zero-order valence-electron chi connectivity index (χ0n) is 10.8. The molecule has 1 saturated heterocycles. The fraction of sp³-hybridized carbons (Fsp3) is 0.500. The SMILES string of the molecule is O=C(O)NC1CCNCC1OCCc1ccccc1. The Morgan fingerprint density at radius 3 is 2.95 bits per heavy atom. The second-order valence-electron chi connectivity index (χ2n) is 4.69. The van der Waals surface area contributed by atoms with Gasteiger partial charge in [-0.2, -0.15) is 0 Å². The average Bonchev–Trinajstić information content (AvgIpc) is 2.41. The van der Waals surface area contributed by atoms with Crippen molar-refractivity contribution >= 4 is 6.09 Å². The molecule has 1 amide bonds. The molecule has 2 atom stereocenters. The molecule has 1 aromatic rings. The molecule has 1 aromatic carbocycles. The van der Waals surface area contributed by atoms with Gasteiger partial charge in [-0.25, -0.2) is 4.79 Å². The molecule has 1 fully saturated rings. The van der Waals surface area contributed by atoms with E-state index in [0.29, 0.717) is 13.2 Å². The molecule has 0 aromatic heterocycles. The Labute approximate surface area is 113 Å². The summed E-state index contributed by atoms with van der Waals surface area (Å²) >= 11 is 0. The summed E-state index contributed by atoms with van der Waals surface area (Å²) < 4.78 is 5.81. The van der Waals surface area contributed by atoms with Gasteiger partial charge >= 0.3 is 6.09 Å². The molecule has 104 valence electrons. The normalized spacial score (nSPS) is 22.9. The standard InChI is InChI=1S/C14H20N2O3/c17-14(18)16-12-6-8-15-10-13(12)19-9-7-11-4-2-1-3-5-11/h1-5,12-13,15-16H,6-10H2,(H,17,18). The minimum absolute atomic E-state index is 0.0893. The molecular formula is C14H20N2O3. The monoisotopic (exact) mass is 264 g/mol. The Balaban J connectivity index is 1.78. The van der Waals surface area contributed by atoms with E-state index in [4.69, 9.17) is 9.84 Å². The summed E-state index contributed by atoms with van der Waals surface area (Å²) in [5, 5.41) is 14.6. The number of benzene rings is 1. The van der Waals surface area contributed by atoms with Crippen molar-refractivity contribution in [3.05, 3.63) is 35.9 Å². The lowest BCUT2D eigenvalue weighted by molar-refractivity contribution is 0.0163. The van der Waals surface area contributed by atoms with Gasteiger partial charge in [0.05, 0.1) is 18.8 Å². The van der Waals surface area contributed by atoms with Gasteiger partial charge in [-0.3, -0.25) is 0 Å². The van der Waals surface area contributed by atoms with Crippen LogP contribution in [0.5, 0.6) is 0 Å². The Morgan fingerprint density at radius 1 is 1.42 bits per heavy atom. The van der Waals surface area contributed by atoms with Crippen LogP contribution in [-0.2, 0) is 11.2 Å². The van der Waals surface area contributed by atoms with Crippen LogP contribution in [0.15, 0.2) is 30.3 Å². The van der Waals surface area contributed by atoms with E-state index in [1.165, 1.54) is 5.56 Å². The van der Waals surface area contributed by atoms with Crippen LogP contribution in [0.25, 0.3) is 0 Å². The van der Waals surface area contributed by atoms with Crippen LogP contribution in [0.2, 0.25) is 0 Å². The molecule has 0 spiro atoms. The number of carboxylic acid groups (broad SMARTS) is 1. The number of amides is 1. The van der Waals surface area contributed by atoms with E-state index in [2.05, 4.69) is 22.8 Å². The van der Waals surface area contributed by atoms with Crippen molar-refractivity contribution in [3.63, 3.8) is 0 Å². The summed E-state index contributed by atoms with van der Waals surface area (Å²) in [5.41, 5.74) is 1.23. The zero-order chi connectivity index (χ0) is 13.5. The van der Waals surface area contributed by atoms with Crippen molar-refractivity contribution in [2.45, 2.75) is 25.0 Å². The number of rotatable bonds is 5. The Bertz CT molecular complexity index is 397. The van der Waals surface area contributed by atoms with Crippen molar-refractivity contribution in [2.24, 2.45) is 0 Å². The summed E-state index contributed by atoms with van der Waals surface area (Å²) in [5.74, 6) is 0. The van der Waals surface area contributed by atoms with Gasteiger partial charge in [-0.05, 0) is 24.9 Å². The fourth-order valence-electron chi connectivity index (χ4n) is 2.30. The third kappa shape index (κ3) is 4.54. The zero-order valence-corrected chi connectivity index (χ0v) is 10.8. The predicted octanol–water partition coefficient (Wildman–Crippen LogP) is 1.24. The van der Waals surface area contributed by atoms with Crippen molar-refractivity contribution in [3.8, 4) is 0 Å². The Kier molecular flexibility index (Phi) is 5.18. The molecule has 2 rings (SSSR count). The van der Waals surface area contributed by atoms with E-state index in [-0.39, 0.29) is 12.1 Å². The van der Waals surface area contributed by atoms with Crippen molar-refractivity contribution in [1.82, 2.24) is 10.6 Å². The van der Waals surface area contributed by atoms with Gasteiger partial charge in [0.1, 0.15) is 0 Å². The lowest BCUT2D eigenvalue weighted by Gasteiger charge is -2.31. The van der Waals surface area contributed by atoms with Gasteiger partial charge in [0.15, 0.2) is 0 Å². The third-order valence-corrected chi connectivity index (χ3v) is 3.30. The Hall–Kier alpha value is -1.59. The number of hydrogen-bond donors (Lipinski definition) is 3. The summed E-state index contributed by atoms with van der Waals surface area (Å²) in [4.78, 5) is 10.7. The molecule has 0 radical (unpaired) electrons. The maximum Gasteiger partial charge on any atom is 0.404 e. The van der Waals surface area contributed by atoms with E-state index < -0.39 is 6.09 Å². The van der Waals surface area contributed by atoms with Gasteiger partial charge in [0.2, 0.25) is 0 Å². The number of hydrogen-bond acceptors (Lipinski definition) is 3. The lowest BCUT2D eigenvalue weighted by atomic mass is 10.0. The minimum Gasteiger partial charge on any atom is -0.465 e. The summed E-state index contributed by atoms with van der Waals surface area (Å²) in [6.07, 6.45) is 0.538. The highest BCUT2D eigenvalue weighted by Gasteiger charge is 2.26. The van der Waals surface area contributed by atoms with Crippen LogP contribution in [0.4, 0.5) is 4.79 Å². The highest BCUT2D eigenvalue weighted by Crippen LogP contribution is 2.09. The van der Waals surface area contributed by atoms with E-state index in [1.807, 2.05) is 18.2 Å². The smallest absolute Gasteiger partial charge is 0.404 e. The molecule has 5 heteroatoms. The number of piperidine rings is 1. The quantitative estimate of drug-likeness (QED) is 0.748. The van der Waals surface area contributed by atoms with Crippen molar-refractivity contribution in [2.75, 3.05) is 19.7 Å². The maximum atomic E-state index is 10.7. The molecule has 19 heavy (non-hydrogen) atoms. The van der Waals surface area contributed by atoms with Gasteiger partial charge in [0, 0.05) is 6.54 Å². The fourth-order valence-corrected chi connectivity index (χ4v) is 2.30. The molecule has 0 aliphatic carbocycles. The lowest BCUT2D eigenvalue weighted by Crippen LogP contribution is -2.53. The minimum atomic E-state index is -0.983. The first-order chi connectivity index (χ1) is 9.25. The number of carbonyl (C=O) groups is 1. The van der Waals surface area contributed by atoms with Gasteiger partial charge in [-0.15, -0.1) is 0 Å². The molecular weight excluding hydrogens is 244 g/mol. The predicted molar refractivity (Wildman–Crippen MR) is 72.3 cm³/mol. The molecule has 5 nitrogen and oxygen atoms in total. The van der Waals surface area contributed by atoms with Crippen LogP contribution in [0.1, 0.15) is 12.0 Å². The molecule has 1 aliphatic heterocycles. The number of nitrogens with one attached hydrogen (secondary N) is 2. The summed E-state index contributed by atoms with van der Waals surface area (Å²) in [7, 11) is 0. The Morgan fingerprint density at radius 2 is 2.21 bits per heavy atom. The van der Waals surface area contributed by atoms with Crippen molar-refractivity contribution < 1.29 is 14.6 Å². The van der Waals surface area contributed by atoms with Crippen LogP contribution in [0, 0.1) is 0 Å². The van der Waals surface area contributed by atoms with E-state index in [0.717, 1.165) is 19.4 Å². The molecule has 0 saturated carbocycles. The van der Waals surface area contributed by atoms with Crippen LogP contribution in [-0.4, -0.2) is 43.0 Å². The topological polar surface area (TPSA) is 70.6 Å². The molecule has 3 N–H and O–H groups in total. The first-order valence-corrected chi connectivity index (χ1v) is 6.61. The second-order valence-corrected chi connectivity index (χ2v) is 4.69. The molecule has 1 aliphatic rings. The van der Waals surface area contributed by atoms with Gasteiger partial charge in [0.25, 0.3) is 0 Å². The van der Waals surface area contributed by atoms with Gasteiger partial charge < -0.3 is 20.5 Å². The summed E-state index contributed by atoms with van der Waals surface area (Å²) in [6, 6.07) is 10.0. The van der Waals surface area contributed by atoms with Crippen LogP contribution >= 0.6 is 0 Å². The first-order valence-electron chi connectivity index (χ1n) is 6.61.